The van der Waals surface area contributed by atoms with Crippen LogP contribution in [0.1, 0.15) is 24.8 Å². The average Bonchev–Trinajstić information content (AvgIpc) is 3.09. The molecule has 7 heteroatoms. The van der Waals surface area contributed by atoms with E-state index in [2.05, 4.69) is 16.0 Å². The smallest absolute Gasteiger partial charge is 0.322 e. The molecule has 0 aromatic heterocycles. The van der Waals surface area contributed by atoms with Gasteiger partial charge in [0.25, 0.3) is 5.91 Å². The van der Waals surface area contributed by atoms with Gasteiger partial charge < -0.3 is 15.5 Å². The summed E-state index contributed by atoms with van der Waals surface area (Å²) in [6.07, 6.45) is 2.27. The molecule has 1 aromatic rings. The molecule has 3 rings (SSSR count). The minimum Gasteiger partial charge on any atom is -0.338 e. The Labute approximate surface area is 140 Å². The van der Waals surface area contributed by atoms with Crippen molar-refractivity contribution in [1.82, 2.24) is 20.9 Å². The van der Waals surface area contributed by atoms with Crippen LogP contribution in [-0.2, 0) is 11.3 Å². The second-order valence-electron chi connectivity index (χ2n) is 6.50. The summed E-state index contributed by atoms with van der Waals surface area (Å²) in [5, 5.41) is 7.95. The maximum Gasteiger partial charge on any atom is 0.322 e. The van der Waals surface area contributed by atoms with E-state index in [9.17, 15) is 14.4 Å². The summed E-state index contributed by atoms with van der Waals surface area (Å²) in [7, 11) is 1.73. The van der Waals surface area contributed by atoms with Crippen molar-refractivity contribution >= 4 is 18.0 Å². The number of urea groups is 2. The molecule has 1 spiro atoms. The van der Waals surface area contributed by atoms with Gasteiger partial charge in [0.05, 0.1) is 0 Å². The van der Waals surface area contributed by atoms with E-state index in [-0.39, 0.29) is 17.9 Å². The number of carbonyl (C=O) groups excluding carboxylic acids is 3. The molecule has 1 aromatic carbocycles. The van der Waals surface area contributed by atoms with Gasteiger partial charge in [-0.1, -0.05) is 36.8 Å². The van der Waals surface area contributed by atoms with Crippen LogP contribution in [0, 0.1) is 5.92 Å². The first-order valence-corrected chi connectivity index (χ1v) is 8.18. The van der Waals surface area contributed by atoms with Crippen molar-refractivity contribution in [2.75, 3.05) is 13.6 Å². The third-order valence-electron chi connectivity index (χ3n) is 4.90. The predicted molar refractivity (Wildman–Crippen MR) is 88.1 cm³/mol. The summed E-state index contributed by atoms with van der Waals surface area (Å²) < 4.78 is 0. The van der Waals surface area contributed by atoms with Crippen LogP contribution < -0.4 is 16.0 Å². The Morgan fingerprint density at radius 2 is 2.08 bits per heavy atom. The van der Waals surface area contributed by atoms with Crippen molar-refractivity contribution in [2.24, 2.45) is 5.92 Å². The number of hydrogen-bond donors (Lipinski definition) is 3. The molecule has 2 atom stereocenters. The lowest BCUT2D eigenvalue weighted by atomic mass is 9.87. The molecule has 0 radical (unpaired) electrons. The highest BCUT2D eigenvalue weighted by Crippen LogP contribution is 2.37. The van der Waals surface area contributed by atoms with E-state index >= 15 is 0 Å². The number of benzene rings is 1. The summed E-state index contributed by atoms with van der Waals surface area (Å²) in [6, 6.07) is 9.10. The predicted octanol–water partition coefficient (Wildman–Crippen LogP) is 1.21. The van der Waals surface area contributed by atoms with Gasteiger partial charge in [0.2, 0.25) is 0 Å². The van der Waals surface area contributed by atoms with Crippen molar-refractivity contribution < 1.29 is 14.4 Å². The quantitative estimate of drug-likeness (QED) is 0.725. The summed E-state index contributed by atoms with van der Waals surface area (Å²) in [6.45, 7) is 0.880. The fourth-order valence-corrected chi connectivity index (χ4v) is 3.60. The molecule has 0 bridgehead atoms. The van der Waals surface area contributed by atoms with Crippen molar-refractivity contribution in [2.45, 2.75) is 31.3 Å². The van der Waals surface area contributed by atoms with Crippen LogP contribution in [0.15, 0.2) is 30.3 Å². The van der Waals surface area contributed by atoms with Gasteiger partial charge in [-0.3, -0.25) is 10.1 Å². The zero-order valence-electron chi connectivity index (χ0n) is 13.7. The topological polar surface area (TPSA) is 90.5 Å². The highest BCUT2D eigenvalue weighted by Gasteiger charge is 2.54. The van der Waals surface area contributed by atoms with Crippen LogP contribution in [0.4, 0.5) is 9.59 Å². The second-order valence-corrected chi connectivity index (χ2v) is 6.50. The molecule has 2 aliphatic rings. The van der Waals surface area contributed by atoms with Crippen LogP contribution in [0.25, 0.3) is 0 Å². The first-order valence-electron chi connectivity index (χ1n) is 8.18. The third-order valence-corrected chi connectivity index (χ3v) is 4.90. The van der Waals surface area contributed by atoms with E-state index in [1.54, 1.807) is 11.9 Å². The van der Waals surface area contributed by atoms with Crippen molar-refractivity contribution in [1.29, 1.82) is 0 Å². The monoisotopic (exact) mass is 330 g/mol. The SMILES string of the molecule is CN(Cc1ccccc1)C(=O)NC[C@@H]1CCC[C@@]12NC(=O)NC2=O. The zero-order chi connectivity index (χ0) is 17.2. The molecular weight excluding hydrogens is 308 g/mol. The van der Waals surface area contributed by atoms with E-state index in [1.807, 2.05) is 30.3 Å². The van der Waals surface area contributed by atoms with Crippen LogP contribution in [0.2, 0.25) is 0 Å². The molecular formula is C17H22N4O3. The largest absolute Gasteiger partial charge is 0.338 e. The summed E-state index contributed by atoms with van der Waals surface area (Å²) in [5.41, 5.74) is 0.192. The number of hydrogen-bond acceptors (Lipinski definition) is 3. The van der Waals surface area contributed by atoms with Gasteiger partial charge in [-0.25, -0.2) is 9.59 Å². The highest BCUT2D eigenvalue weighted by atomic mass is 16.2. The van der Waals surface area contributed by atoms with Crippen molar-refractivity contribution in [3.05, 3.63) is 35.9 Å². The van der Waals surface area contributed by atoms with Gasteiger partial charge in [0, 0.05) is 26.1 Å². The molecule has 128 valence electrons. The van der Waals surface area contributed by atoms with E-state index < -0.39 is 11.6 Å². The van der Waals surface area contributed by atoms with Gasteiger partial charge in [0.15, 0.2) is 0 Å². The van der Waals surface area contributed by atoms with Crippen LogP contribution >= 0.6 is 0 Å². The molecule has 1 saturated heterocycles. The highest BCUT2D eigenvalue weighted by molar-refractivity contribution is 6.07. The first kappa shape index (κ1) is 16.3. The molecule has 0 unspecified atom stereocenters. The van der Waals surface area contributed by atoms with Gasteiger partial charge >= 0.3 is 12.1 Å². The number of imide groups is 1. The second kappa shape index (κ2) is 6.51. The summed E-state index contributed by atoms with van der Waals surface area (Å²) in [5.74, 6) is -0.361. The molecule has 1 heterocycles. The number of carbonyl (C=O) groups is 3. The lowest BCUT2D eigenvalue weighted by Crippen LogP contribution is -2.53. The van der Waals surface area contributed by atoms with Crippen molar-refractivity contribution in [3.63, 3.8) is 0 Å². The molecule has 5 amide bonds. The van der Waals surface area contributed by atoms with E-state index in [0.29, 0.717) is 19.5 Å². The minimum absolute atomic E-state index is 0.0852. The van der Waals surface area contributed by atoms with Gasteiger partial charge in [-0.15, -0.1) is 0 Å². The minimum atomic E-state index is -0.859. The van der Waals surface area contributed by atoms with E-state index in [1.165, 1.54) is 0 Å². The molecule has 7 nitrogen and oxygen atoms in total. The molecule has 1 aliphatic carbocycles. The Balaban J connectivity index is 1.56. The lowest BCUT2D eigenvalue weighted by Gasteiger charge is -2.29. The Morgan fingerprint density at radius 1 is 1.33 bits per heavy atom. The number of rotatable bonds is 4. The van der Waals surface area contributed by atoms with Crippen LogP contribution in [-0.4, -0.2) is 42.0 Å². The standard InChI is InChI=1S/C17H22N4O3/c1-21(11-12-6-3-2-4-7-12)16(24)18-10-13-8-5-9-17(13)14(22)19-15(23)20-17/h2-4,6-7,13H,5,8-11H2,1H3,(H,18,24)(H2,19,20,22,23)/t13-,17+/m0/s1. The number of nitrogens with one attached hydrogen (secondary N) is 3. The maximum absolute atomic E-state index is 12.3. The normalized spacial score (nSPS) is 25.5. The lowest BCUT2D eigenvalue weighted by molar-refractivity contribution is -0.125. The van der Waals surface area contributed by atoms with Gasteiger partial charge in [-0.2, -0.15) is 0 Å². The Hall–Kier alpha value is -2.57. The molecule has 2 fully saturated rings. The first-order chi connectivity index (χ1) is 11.5. The van der Waals surface area contributed by atoms with Gasteiger partial charge in [-0.05, 0) is 18.4 Å². The number of nitrogens with zero attached hydrogens (tertiary/aromatic N) is 1. The van der Waals surface area contributed by atoms with Crippen molar-refractivity contribution in [3.8, 4) is 0 Å². The van der Waals surface area contributed by atoms with Crippen LogP contribution in [0.3, 0.4) is 0 Å². The average molecular weight is 330 g/mol. The molecule has 3 N–H and O–H groups in total. The Morgan fingerprint density at radius 3 is 2.75 bits per heavy atom. The van der Waals surface area contributed by atoms with Gasteiger partial charge in [0.1, 0.15) is 5.54 Å². The van der Waals surface area contributed by atoms with E-state index in [4.69, 9.17) is 0 Å². The van der Waals surface area contributed by atoms with E-state index in [0.717, 1.165) is 18.4 Å². The number of amides is 5. The molecule has 1 saturated carbocycles. The maximum atomic E-state index is 12.3. The third kappa shape index (κ3) is 3.06. The Kier molecular flexibility index (Phi) is 4.42. The fourth-order valence-electron chi connectivity index (χ4n) is 3.60. The Bertz CT molecular complexity index is 648. The van der Waals surface area contributed by atoms with Crippen LogP contribution in [0.5, 0.6) is 0 Å². The summed E-state index contributed by atoms with van der Waals surface area (Å²) in [4.78, 5) is 37.5. The fraction of sp³-hybridized carbons (Fsp3) is 0.471. The summed E-state index contributed by atoms with van der Waals surface area (Å²) >= 11 is 0. The molecule has 24 heavy (non-hydrogen) atoms. The zero-order valence-corrected chi connectivity index (χ0v) is 13.7. The molecule has 1 aliphatic heterocycles.